The lowest BCUT2D eigenvalue weighted by atomic mass is 10.0. The molecule has 2 fully saturated rings. The van der Waals surface area contributed by atoms with Crippen molar-refractivity contribution in [3.8, 4) is 17.0 Å². The minimum absolute atomic E-state index is 0.531. The summed E-state index contributed by atoms with van der Waals surface area (Å²) in [7, 11) is 0. The number of morpholine rings is 1. The third kappa shape index (κ3) is 5.44. The smallest absolute Gasteiger partial charge is 0.128 e. The van der Waals surface area contributed by atoms with E-state index in [9.17, 15) is 0 Å². The van der Waals surface area contributed by atoms with Gasteiger partial charge in [0.05, 0.1) is 36.5 Å². The zero-order valence-electron chi connectivity index (χ0n) is 21.1. The van der Waals surface area contributed by atoms with Gasteiger partial charge < -0.3 is 24.6 Å². The molecule has 192 valence electrons. The van der Waals surface area contributed by atoms with E-state index in [4.69, 9.17) is 19.4 Å². The number of nitrogens with one attached hydrogen (secondary N) is 1. The molecular formula is C28H33N7O2. The maximum absolute atomic E-state index is 6.01. The van der Waals surface area contributed by atoms with Crippen LogP contribution >= 0.6 is 0 Å². The van der Waals surface area contributed by atoms with Crippen molar-refractivity contribution < 1.29 is 9.47 Å². The van der Waals surface area contributed by atoms with Crippen LogP contribution in [0.5, 0.6) is 5.75 Å². The molecule has 0 atom stereocenters. The lowest BCUT2D eigenvalue weighted by Crippen LogP contribution is -2.43. The first kappa shape index (κ1) is 23.8. The van der Waals surface area contributed by atoms with Crippen LogP contribution in [0.15, 0.2) is 59.9 Å². The molecule has 0 saturated carbocycles. The van der Waals surface area contributed by atoms with Gasteiger partial charge in [-0.1, -0.05) is 0 Å². The predicted octanol–water partition coefficient (Wildman–Crippen LogP) is 2.79. The second-order valence-electron chi connectivity index (χ2n) is 9.42. The minimum atomic E-state index is 0.531. The first-order valence-corrected chi connectivity index (χ1v) is 13.1. The maximum Gasteiger partial charge on any atom is 0.128 e. The van der Waals surface area contributed by atoms with Gasteiger partial charge in [-0.2, -0.15) is 0 Å². The Bertz CT molecular complexity index is 1200. The van der Waals surface area contributed by atoms with Gasteiger partial charge in [0.25, 0.3) is 0 Å². The third-order valence-corrected chi connectivity index (χ3v) is 7.07. The van der Waals surface area contributed by atoms with Gasteiger partial charge >= 0.3 is 0 Å². The van der Waals surface area contributed by atoms with Crippen LogP contribution in [-0.4, -0.2) is 93.4 Å². The summed E-state index contributed by atoms with van der Waals surface area (Å²) in [6.45, 7) is 9.60. The van der Waals surface area contributed by atoms with E-state index in [1.807, 2.05) is 36.8 Å². The topological polar surface area (TPSA) is 78.3 Å². The number of nitrogens with zero attached hydrogens (tertiary/aromatic N) is 6. The number of aliphatic imine (C=N–C) groups is 1. The van der Waals surface area contributed by atoms with Crippen molar-refractivity contribution in [2.45, 2.75) is 0 Å². The number of benzene rings is 1. The Morgan fingerprint density at radius 1 is 0.919 bits per heavy atom. The number of hydrogen-bond donors (Lipinski definition) is 1. The molecule has 0 amide bonds. The van der Waals surface area contributed by atoms with Crippen LogP contribution in [0, 0.1) is 0 Å². The molecule has 0 radical (unpaired) electrons. The number of anilines is 3. The van der Waals surface area contributed by atoms with Crippen LogP contribution in [-0.2, 0) is 4.74 Å². The highest BCUT2D eigenvalue weighted by molar-refractivity contribution is 5.97. The second kappa shape index (κ2) is 11.2. The molecule has 5 heterocycles. The Morgan fingerprint density at radius 2 is 1.76 bits per heavy atom. The zero-order valence-corrected chi connectivity index (χ0v) is 21.1. The van der Waals surface area contributed by atoms with E-state index in [1.165, 1.54) is 0 Å². The summed E-state index contributed by atoms with van der Waals surface area (Å²) in [5.74, 6) is 1.88. The van der Waals surface area contributed by atoms with Gasteiger partial charge in [-0.05, 0) is 42.5 Å². The summed E-state index contributed by atoms with van der Waals surface area (Å²) < 4.78 is 11.4. The van der Waals surface area contributed by atoms with E-state index in [1.54, 1.807) is 0 Å². The van der Waals surface area contributed by atoms with E-state index >= 15 is 0 Å². The van der Waals surface area contributed by atoms with Crippen molar-refractivity contribution in [3.63, 3.8) is 0 Å². The number of fused-ring (bicyclic) bond motifs is 1. The first-order chi connectivity index (χ1) is 18.3. The lowest BCUT2D eigenvalue weighted by Gasteiger charge is -2.31. The lowest BCUT2D eigenvalue weighted by molar-refractivity contribution is 0.0322. The highest BCUT2D eigenvalue weighted by Gasteiger charge is 2.22. The Morgan fingerprint density at radius 3 is 2.54 bits per heavy atom. The maximum atomic E-state index is 6.01. The van der Waals surface area contributed by atoms with Crippen molar-refractivity contribution >= 4 is 23.4 Å². The van der Waals surface area contributed by atoms with E-state index in [-0.39, 0.29) is 0 Å². The summed E-state index contributed by atoms with van der Waals surface area (Å²) in [6.07, 6.45) is 5.73. The number of hydrogen-bond acceptors (Lipinski definition) is 9. The molecule has 0 bridgehead atoms. The SMILES string of the molecule is C1=NCN(c2ccc(N3CCNCC3)nc2)c2c1ccnc2-c1ccc(OCCN2CCOCC2)cc1. The molecule has 37 heavy (non-hydrogen) atoms. The fraction of sp³-hybridized carbons (Fsp3) is 0.393. The highest BCUT2D eigenvalue weighted by Crippen LogP contribution is 2.38. The molecule has 1 aromatic carbocycles. The van der Waals surface area contributed by atoms with Crippen LogP contribution in [0.4, 0.5) is 17.2 Å². The van der Waals surface area contributed by atoms with Crippen molar-refractivity contribution in [2.75, 3.05) is 82.1 Å². The normalized spacial score (nSPS) is 18.1. The van der Waals surface area contributed by atoms with Crippen molar-refractivity contribution in [1.29, 1.82) is 0 Å². The molecule has 0 aliphatic carbocycles. The van der Waals surface area contributed by atoms with Crippen LogP contribution in [0.3, 0.4) is 0 Å². The van der Waals surface area contributed by atoms with Crippen molar-refractivity contribution in [2.24, 2.45) is 4.99 Å². The van der Waals surface area contributed by atoms with Crippen LogP contribution in [0.2, 0.25) is 0 Å². The molecule has 2 aromatic heterocycles. The summed E-state index contributed by atoms with van der Waals surface area (Å²) in [6, 6.07) is 14.5. The third-order valence-electron chi connectivity index (χ3n) is 7.07. The number of piperazine rings is 1. The van der Waals surface area contributed by atoms with E-state index < -0.39 is 0 Å². The van der Waals surface area contributed by atoms with Crippen molar-refractivity contribution in [3.05, 3.63) is 60.4 Å². The largest absolute Gasteiger partial charge is 0.492 e. The Labute approximate surface area is 217 Å². The molecule has 3 aliphatic rings. The fourth-order valence-corrected chi connectivity index (χ4v) is 5.02. The standard InChI is InChI=1S/C28H33N7O2/c1-4-25(37-18-15-33-13-16-36-17-14-33)5-2-22(1)27-28-23(7-8-31-27)19-30-21-35(28)24-3-6-26(32-20-24)34-11-9-29-10-12-34/h1-8,19-20,29H,9-18,21H2. The molecule has 3 aromatic rings. The van der Waals surface area contributed by atoms with E-state index in [0.717, 1.165) is 98.8 Å². The molecular weight excluding hydrogens is 466 g/mol. The number of aromatic nitrogens is 2. The quantitative estimate of drug-likeness (QED) is 0.532. The summed E-state index contributed by atoms with van der Waals surface area (Å²) >= 11 is 0. The number of rotatable bonds is 7. The van der Waals surface area contributed by atoms with Crippen LogP contribution < -0.4 is 19.9 Å². The molecule has 6 rings (SSSR count). The molecule has 2 saturated heterocycles. The van der Waals surface area contributed by atoms with Gasteiger partial charge in [0.2, 0.25) is 0 Å². The van der Waals surface area contributed by atoms with Crippen LogP contribution in [0.1, 0.15) is 5.56 Å². The van der Waals surface area contributed by atoms with Gasteiger partial charge in [-0.15, -0.1) is 0 Å². The highest BCUT2D eigenvalue weighted by atomic mass is 16.5. The molecule has 0 unspecified atom stereocenters. The number of pyridine rings is 2. The predicted molar refractivity (Wildman–Crippen MR) is 146 cm³/mol. The molecule has 0 spiro atoms. The molecule has 9 nitrogen and oxygen atoms in total. The second-order valence-corrected chi connectivity index (χ2v) is 9.42. The molecule has 9 heteroatoms. The fourth-order valence-electron chi connectivity index (χ4n) is 5.02. The zero-order chi connectivity index (χ0) is 24.9. The minimum Gasteiger partial charge on any atom is -0.492 e. The molecule has 3 aliphatic heterocycles. The van der Waals surface area contributed by atoms with E-state index in [2.05, 4.69) is 49.3 Å². The van der Waals surface area contributed by atoms with E-state index in [0.29, 0.717) is 13.3 Å². The summed E-state index contributed by atoms with van der Waals surface area (Å²) in [5.41, 5.74) is 5.08. The van der Waals surface area contributed by atoms with Gasteiger partial charge in [0.1, 0.15) is 24.8 Å². The Balaban J connectivity index is 1.19. The average molecular weight is 500 g/mol. The van der Waals surface area contributed by atoms with Gasteiger partial charge in [-0.3, -0.25) is 14.9 Å². The van der Waals surface area contributed by atoms with Gasteiger partial charge in [-0.25, -0.2) is 4.98 Å². The van der Waals surface area contributed by atoms with Gasteiger partial charge in [0, 0.05) is 69.4 Å². The van der Waals surface area contributed by atoms with Gasteiger partial charge in [0.15, 0.2) is 0 Å². The summed E-state index contributed by atoms with van der Waals surface area (Å²) in [5, 5.41) is 3.39. The molecule has 1 N–H and O–H groups in total. The summed E-state index contributed by atoms with van der Waals surface area (Å²) in [4.78, 5) is 21.1. The van der Waals surface area contributed by atoms with Crippen LogP contribution in [0.25, 0.3) is 11.3 Å². The first-order valence-electron chi connectivity index (χ1n) is 13.1. The average Bonchev–Trinajstić information content (AvgIpc) is 2.98. The monoisotopic (exact) mass is 499 g/mol. The van der Waals surface area contributed by atoms with Crippen molar-refractivity contribution in [1.82, 2.24) is 20.2 Å². The Hall–Kier alpha value is -3.53. The Kier molecular flexibility index (Phi) is 7.25. The number of ether oxygens (including phenoxy) is 2.